The van der Waals surface area contributed by atoms with Gasteiger partial charge in [-0.25, -0.2) is 4.98 Å². The average Bonchev–Trinajstić information content (AvgIpc) is 2.38. The number of hydrogen-bond donors (Lipinski definition) is 0. The third-order valence-electron chi connectivity index (χ3n) is 2.92. The summed E-state index contributed by atoms with van der Waals surface area (Å²) in [6, 6.07) is 3.87. The lowest BCUT2D eigenvalue weighted by atomic mass is 9.90. The van der Waals surface area contributed by atoms with Crippen molar-refractivity contribution in [1.82, 2.24) is 9.97 Å². The zero-order valence-electron chi connectivity index (χ0n) is 9.22. The summed E-state index contributed by atoms with van der Waals surface area (Å²) in [5.74, 6) is 0.628. The van der Waals surface area contributed by atoms with Gasteiger partial charge in [-0.3, -0.25) is 0 Å². The van der Waals surface area contributed by atoms with Crippen molar-refractivity contribution >= 4 is 0 Å². The van der Waals surface area contributed by atoms with Gasteiger partial charge in [0.05, 0.1) is 6.61 Å². The van der Waals surface area contributed by atoms with E-state index >= 15 is 0 Å². The summed E-state index contributed by atoms with van der Waals surface area (Å²) in [7, 11) is 0. The van der Waals surface area contributed by atoms with Gasteiger partial charge in [0.1, 0.15) is 11.8 Å². The Labute approximate surface area is 95.3 Å². The Hall–Kier alpha value is -1.63. The zero-order valence-corrected chi connectivity index (χ0v) is 9.22. The summed E-state index contributed by atoms with van der Waals surface area (Å²) < 4.78 is 5.51. The number of nitriles is 1. The highest BCUT2D eigenvalue weighted by Crippen LogP contribution is 2.23. The first kappa shape index (κ1) is 10.9. The van der Waals surface area contributed by atoms with E-state index in [1.165, 1.54) is 32.1 Å². The standard InChI is InChI=1S/C12H15N3O/c13-8-11-6-7-14-12(15-11)16-9-10-4-2-1-3-5-10/h6-7,10H,1-5,9H2. The van der Waals surface area contributed by atoms with E-state index in [2.05, 4.69) is 9.97 Å². The largest absolute Gasteiger partial charge is 0.463 e. The third-order valence-corrected chi connectivity index (χ3v) is 2.92. The second-order valence-corrected chi connectivity index (χ2v) is 4.15. The second kappa shape index (κ2) is 5.45. The molecule has 1 aliphatic carbocycles. The van der Waals surface area contributed by atoms with Gasteiger partial charge in [0.25, 0.3) is 0 Å². The Kier molecular flexibility index (Phi) is 3.71. The number of ether oxygens (including phenoxy) is 1. The van der Waals surface area contributed by atoms with Crippen molar-refractivity contribution < 1.29 is 4.74 Å². The fourth-order valence-electron chi connectivity index (χ4n) is 2.02. The first-order chi connectivity index (χ1) is 7.88. The highest BCUT2D eigenvalue weighted by atomic mass is 16.5. The number of nitrogens with zero attached hydrogens (tertiary/aromatic N) is 3. The van der Waals surface area contributed by atoms with E-state index in [0.717, 1.165) is 0 Å². The monoisotopic (exact) mass is 217 g/mol. The van der Waals surface area contributed by atoms with Crippen molar-refractivity contribution in [3.05, 3.63) is 18.0 Å². The lowest BCUT2D eigenvalue weighted by Crippen LogP contribution is -2.16. The fourth-order valence-corrected chi connectivity index (χ4v) is 2.02. The molecule has 1 aromatic heterocycles. The van der Waals surface area contributed by atoms with Gasteiger partial charge in [-0.2, -0.15) is 10.2 Å². The van der Waals surface area contributed by atoms with Gasteiger partial charge in [0, 0.05) is 6.20 Å². The molecule has 4 heteroatoms. The van der Waals surface area contributed by atoms with Crippen LogP contribution in [0.2, 0.25) is 0 Å². The van der Waals surface area contributed by atoms with Crippen LogP contribution in [-0.2, 0) is 0 Å². The maximum Gasteiger partial charge on any atom is 0.317 e. The van der Waals surface area contributed by atoms with Crippen molar-refractivity contribution in [3.8, 4) is 12.1 Å². The molecule has 2 rings (SSSR count). The van der Waals surface area contributed by atoms with E-state index in [1.54, 1.807) is 12.3 Å². The molecule has 16 heavy (non-hydrogen) atoms. The Balaban J connectivity index is 1.86. The van der Waals surface area contributed by atoms with Crippen LogP contribution >= 0.6 is 0 Å². The molecule has 1 saturated carbocycles. The lowest BCUT2D eigenvalue weighted by Gasteiger charge is -2.20. The molecule has 0 amide bonds. The van der Waals surface area contributed by atoms with Crippen LogP contribution in [0.3, 0.4) is 0 Å². The van der Waals surface area contributed by atoms with Crippen molar-refractivity contribution in [1.29, 1.82) is 5.26 Å². The van der Waals surface area contributed by atoms with Crippen LogP contribution in [0.15, 0.2) is 12.3 Å². The molecule has 0 N–H and O–H groups in total. The molecule has 0 unspecified atom stereocenters. The van der Waals surface area contributed by atoms with Gasteiger partial charge in [-0.15, -0.1) is 0 Å². The molecule has 0 atom stereocenters. The molecule has 0 saturated heterocycles. The first-order valence-electron chi connectivity index (χ1n) is 5.74. The highest BCUT2D eigenvalue weighted by molar-refractivity contribution is 5.19. The predicted molar refractivity (Wildman–Crippen MR) is 58.8 cm³/mol. The van der Waals surface area contributed by atoms with Gasteiger partial charge < -0.3 is 4.74 Å². The molecule has 0 aromatic carbocycles. The number of rotatable bonds is 3. The molecule has 0 bridgehead atoms. The molecule has 4 nitrogen and oxygen atoms in total. The Morgan fingerprint density at radius 2 is 2.19 bits per heavy atom. The van der Waals surface area contributed by atoms with Crippen molar-refractivity contribution in [2.45, 2.75) is 32.1 Å². The van der Waals surface area contributed by atoms with Crippen molar-refractivity contribution in [2.75, 3.05) is 6.61 Å². The molecule has 84 valence electrons. The van der Waals surface area contributed by atoms with Crippen LogP contribution in [0.1, 0.15) is 37.8 Å². The zero-order chi connectivity index (χ0) is 11.2. The molecule has 1 aliphatic rings. The number of hydrogen-bond acceptors (Lipinski definition) is 4. The second-order valence-electron chi connectivity index (χ2n) is 4.15. The summed E-state index contributed by atoms with van der Waals surface area (Å²) in [5, 5.41) is 8.68. The molecular formula is C12H15N3O. The van der Waals surface area contributed by atoms with Crippen LogP contribution in [0, 0.1) is 17.2 Å². The highest BCUT2D eigenvalue weighted by Gasteiger charge is 2.14. The van der Waals surface area contributed by atoms with E-state index in [0.29, 0.717) is 24.2 Å². The van der Waals surface area contributed by atoms with Gasteiger partial charge in [-0.05, 0) is 24.8 Å². The average molecular weight is 217 g/mol. The van der Waals surface area contributed by atoms with E-state index < -0.39 is 0 Å². The van der Waals surface area contributed by atoms with Crippen LogP contribution < -0.4 is 4.74 Å². The summed E-state index contributed by atoms with van der Waals surface area (Å²) in [4.78, 5) is 7.97. The normalized spacial score (nSPS) is 16.7. The topological polar surface area (TPSA) is 58.8 Å². The molecule has 1 aromatic rings. The maximum atomic E-state index is 8.68. The van der Waals surface area contributed by atoms with E-state index in [1.807, 2.05) is 6.07 Å². The summed E-state index contributed by atoms with van der Waals surface area (Å²) in [5.41, 5.74) is 0.355. The van der Waals surface area contributed by atoms with Crippen LogP contribution in [-0.4, -0.2) is 16.6 Å². The molecule has 0 aliphatic heterocycles. The maximum absolute atomic E-state index is 8.68. The number of aromatic nitrogens is 2. The summed E-state index contributed by atoms with van der Waals surface area (Å²) in [6.45, 7) is 0.675. The third kappa shape index (κ3) is 2.93. The summed E-state index contributed by atoms with van der Waals surface area (Å²) in [6.07, 6.45) is 7.97. The molecule has 1 heterocycles. The van der Waals surface area contributed by atoms with Crippen LogP contribution in [0.4, 0.5) is 0 Å². The SMILES string of the molecule is N#Cc1ccnc(OCC2CCCCC2)n1. The summed E-state index contributed by atoms with van der Waals surface area (Å²) >= 11 is 0. The minimum Gasteiger partial charge on any atom is -0.463 e. The molecule has 0 radical (unpaired) electrons. The van der Waals surface area contributed by atoms with Crippen molar-refractivity contribution in [2.24, 2.45) is 5.92 Å². The first-order valence-corrected chi connectivity index (χ1v) is 5.74. The van der Waals surface area contributed by atoms with Gasteiger partial charge in [0.15, 0.2) is 0 Å². The quantitative estimate of drug-likeness (QED) is 0.779. The molecule has 1 fully saturated rings. The van der Waals surface area contributed by atoms with Crippen molar-refractivity contribution in [3.63, 3.8) is 0 Å². The van der Waals surface area contributed by atoms with Gasteiger partial charge >= 0.3 is 6.01 Å². The van der Waals surface area contributed by atoms with Gasteiger partial charge in [-0.1, -0.05) is 19.3 Å². The molecule has 0 spiro atoms. The van der Waals surface area contributed by atoms with E-state index in [-0.39, 0.29) is 0 Å². The Morgan fingerprint density at radius 3 is 2.94 bits per heavy atom. The Morgan fingerprint density at radius 1 is 1.38 bits per heavy atom. The minimum absolute atomic E-state index is 0.324. The minimum atomic E-state index is 0.324. The molecular weight excluding hydrogens is 202 g/mol. The predicted octanol–water partition coefficient (Wildman–Crippen LogP) is 2.31. The fraction of sp³-hybridized carbons (Fsp3) is 0.583. The smallest absolute Gasteiger partial charge is 0.317 e. The van der Waals surface area contributed by atoms with Crippen LogP contribution in [0.5, 0.6) is 6.01 Å². The van der Waals surface area contributed by atoms with E-state index in [4.69, 9.17) is 10.00 Å². The lowest BCUT2D eigenvalue weighted by molar-refractivity contribution is 0.196. The van der Waals surface area contributed by atoms with Gasteiger partial charge in [0.2, 0.25) is 0 Å². The van der Waals surface area contributed by atoms with E-state index in [9.17, 15) is 0 Å². The van der Waals surface area contributed by atoms with Crippen LogP contribution in [0.25, 0.3) is 0 Å². The Bertz CT molecular complexity index is 380.